The van der Waals surface area contributed by atoms with Gasteiger partial charge in [-0.25, -0.2) is 0 Å². The maximum absolute atomic E-state index is 6.00. The monoisotopic (exact) mass is 200 g/mol. The molecule has 0 aromatic rings. The molecule has 0 saturated carbocycles. The van der Waals surface area contributed by atoms with E-state index in [-0.39, 0.29) is 0 Å². The number of hydrogen-bond donors (Lipinski definition) is 2. The summed E-state index contributed by atoms with van der Waals surface area (Å²) in [5.74, 6) is 0. The van der Waals surface area contributed by atoms with Crippen LogP contribution in [0, 0.1) is 0 Å². The molecular weight excluding hydrogens is 172 g/mol. The summed E-state index contributed by atoms with van der Waals surface area (Å²) in [5.41, 5.74) is 11.6. The van der Waals surface area contributed by atoms with Crippen LogP contribution in [-0.4, -0.2) is 5.66 Å². The van der Waals surface area contributed by atoms with Crippen molar-refractivity contribution in [3.63, 3.8) is 0 Å². The second-order valence-electron chi connectivity index (χ2n) is 4.50. The quantitative estimate of drug-likeness (QED) is 0.444. The minimum atomic E-state index is -0.401. The third-order valence-corrected chi connectivity index (χ3v) is 2.74. The fourth-order valence-corrected chi connectivity index (χ4v) is 1.69. The van der Waals surface area contributed by atoms with Gasteiger partial charge in [0.1, 0.15) is 0 Å². The molecule has 0 aliphatic heterocycles. The van der Waals surface area contributed by atoms with E-state index in [2.05, 4.69) is 13.8 Å². The summed E-state index contributed by atoms with van der Waals surface area (Å²) in [6, 6.07) is 0. The van der Waals surface area contributed by atoms with Crippen LogP contribution in [0.3, 0.4) is 0 Å². The molecule has 0 atom stereocenters. The molecule has 14 heavy (non-hydrogen) atoms. The van der Waals surface area contributed by atoms with Gasteiger partial charge in [-0.05, 0) is 12.8 Å². The summed E-state index contributed by atoms with van der Waals surface area (Å²) in [4.78, 5) is 0. The molecule has 0 fully saturated rings. The molecule has 0 heterocycles. The lowest BCUT2D eigenvalue weighted by atomic mass is 9.97. The molecule has 0 aromatic heterocycles. The van der Waals surface area contributed by atoms with E-state index in [1.54, 1.807) is 0 Å². The SMILES string of the molecule is CCCCCCCC(N)(N)CCCC. The first kappa shape index (κ1) is 13.9. The number of nitrogens with two attached hydrogens (primary N) is 2. The molecule has 0 amide bonds. The van der Waals surface area contributed by atoms with Gasteiger partial charge in [-0.2, -0.15) is 0 Å². The molecule has 2 nitrogen and oxygen atoms in total. The summed E-state index contributed by atoms with van der Waals surface area (Å²) in [5, 5.41) is 0. The molecule has 4 N–H and O–H groups in total. The largest absolute Gasteiger partial charge is 0.313 e. The van der Waals surface area contributed by atoms with Crippen LogP contribution in [-0.2, 0) is 0 Å². The van der Waals surface area contributed by atoms with E-state index in [1.165, 1.54) is 38.5 Å². The standard InChI is InChI=1S/C12H28N2/c1-3-5-7-8-9-11-12(13,14)10-6-4-2/h3-11,13-14H2,1-2H3. The fraction of sp³-hybridized carbons (Fsp3) is 1.00. The van der Waals surface area contributed by atoms with Crippen molar-refractivity contribution < 1.29 is 0 Å². The van der Waals surface area contributed by atoms with Gasteiger partial charge >= 0.3 is 0 Å². The van der Waals surface area contributed by atoms with Gasteiger partial charge < -0.3 is 11.5 Å². The topological polar surface area (TPSA) is 52.0 Å². The Kier molecular flexibility index (Phi) is 8.20. The van der Waals surface area contributed by atoms with Crippen LogP contribution in [0.25, 0.3) is 0 Å². The first-order valence-corrected chi connectivity index (χ1v) is 6.20. The number of unbranched alkanes of at least 4 members (excludes halogenated alkanes) is 5. The van der Waals surface area contributed by atoms with E-state index in [1.807, 2.05) is 0 Å². The maximum atomic E-state index is 6.00. The van der Waals surface area contributed by atoms with Gasteiger partial charge in [0.15, 0.2) is 0 Å². The van der Waals surface area contributed by atoms with Crippen LogP contribution in [0.4, 0.5) is 0 Å². The summed E-state index contributed by atoms with van der Waals surface area (Å²) in [7, 11) is 0. The Balaban J connectivity index is 3.35. The van der Waals surface area contributed by atoms with Crippen LogP contribution in [0.15, 0.2) is 0 Å². The van der Waals surface area contributed by atoms with E-state index in [9.17, 15) is 0 Å². The summed E-state index contributed by atoms with van der Waals surface area (Å²) >= 11 is 0. The van der Waals surface area contributed by atoms with Crippen LogP contribution in [0.5, 0.6) is 0 Å². The fourth-order valence-electron chi connectivity index (χ4n) is 1.69. The van der Waals surface area contributed by atoms with E-state index < -0.39 is 5.66 Å². The molecule has 0 saturated heterocycles. The Bertz CT molecular complexity index is 121. The maximum Gasteiger partial charge on any atom is 0.0636 e. The minimum absolute atomic E-state index is 0.401. The second kappa shape index (κ2) is 8.25. The van der Waals surface area contributed by atoms with Crippen molar-refractivity contribution in [2.24, 2.45) is 11.5 Å². The lowest BCUT2D eigenvalue weighted by Crippen LogP contribution is -2.49. The van der Waals surface area contributed by atoms with Gasteiger partial charge in [-0.1, -0.05) is 58.8 Å². The molecule has 0 aliphatic carbocycles. The number of hydrogen-bond acceptors (Lipinski definition) is 2. The van der Waals surface area contributed by atoms with Crippen LogP contribution >= 0.6 is 0 Å². The molecule has 2 heteroatoms. The first-order chi connectivity index (χ1) is 6.62. The molecule has 0 rings (SSSR count). The van der Waals surface area contributed by atoms with Crippen LogP contribution < -0.4 is 11.5 Å². The van der Waals surface area contributed by atoms with E-state index in [0.717, 1.165) is 19.3 Å². The molecule has 0 radical (unpaired) electrons. The average molecular weight is 200 g/mol. The predicted octanol–water partition coefficient (Wildman–Crippen LogP) is 3.15. The van der Waals surface area contributed by atoms with Crippen LogP contribution in [0.1, 0.15) is 71.6 Å². The molecule has 0 aliphatic rings. The minimum Gasteiger partial charge on any atom is -0.313 e. The highest BCUT2D eigenvalue weighted by Crippen LogP contribution is 2.14. The van der Waals surface area contributed by atoms with Crippen molar-refractivity contribution in [2.45, 2.75) is 77.3 Å². The Morgan fingerprint density at radius 1 is 0.714 bits per heavy atom. The van der Waals surface area contributed by atoms with E-state index >= 15 is 0 Å². The zero-order chi connectivity index (χ0) is 10.9. The lowest BCUT2D eigenvalue weighted by Gasteiger charge is -2.24. The summed E-state index contributed by atoms with van der Waals surface area (Å²) in [6.07, 6.45) is 10.7. The van der Waals surface area contributed by atoms with Crippen LogP contribution in [0.2, 0.25) is 0 Å². The molecule has 0 bridgehead atoms. The van der Waals surface area contributed by atoms with Gasteiger partial charge in [0.05, 0.1) is 5.66 Å². The van der Waals surface area contributed by atoms with Crippen molar-refractivity contribution in [1.82, 2.24) is 0 Å². The zero-order valence-electron chi connectivity index (χ0n) is 10.0. The molecule has 0 aromatic carbocycles. The lowest BCUT2D eigenvalue weighted by molar-refractivity contribution is 0.351. The highest BCUT2D eigenvalue weighted by Gasteiger charge is 2.16. The Hall–Kier alpha value is -0.0800. The van der Waals surface area contributed by atoms with Gasteiger partial charge in [-0.15, -0.1) is 0 Å². The Labute approximate surface area is 89.4 Å². The van der Waals surface area contributed by atoms with Gasteiger partial charge in [0, 0.05) is 0 Å². The molecule has 0 spiro atoms. The second-order valence-corrected chi connectivity index (χ2v) is 4.50. The predicted molar refractivity (Wildman–Crippen MR) is 64.0 cm³/mol. The van der Waals surface area contributed by atoms with Crippen molar-refractivity contribution in [1.29, 1.82) is 0 Å². The smallest absolute Gasteiger partial charge is 0.0636 e. The summed E-state index contributed by atoms with van der Waals surface area (Å²) < 4.78 is 0. The van der Waals surface area contributed by atoms with Crippen molar-refractivity contribution >= 4 is 0 Å². The Morgan fingerprint density at radius 3 is 1.79 bits per heavy atom. The normalized spacial score (nSPS) is 12.0. The molecule has 0 unspecified atom stereocenters. The van der Waals surface area contributed by atoms with Gasteiger partial charge in [-0.3, -0.25) is 0 Å². The van der Waals surface area contributed by atoms with Crippen molar-refractivity contribution in [3.8, 4) is 0 Å². The zero-order valence-corrected chi connectivity index (χ0v) is 10.0. The van der Waals surface area contributed by atoms with Gasteiger partial charge in [0.25, 0.3) is 0 Å². The average Bonchev–Trinajstić information content (AvgIpc) is 2.15. The Morgan fingerprint density at radius 2 is 1.21 bits per heavy atom. The van der Waals surface area contributed by atoms with Crippen molar-refractivity contribution in [2.75, 3.05) is 0 Å². The third-order valence-electron chi connectivity index (χ3n) is 2.74. The number of rotatable bonds is 9. The first-order valence-electron chi connectivity index (χ1n) is 6.20. The van der Waals surface area contributed by atoms with E-state index in [4.69, 9.17) is 11.5 Å². The third kappa shape index (κ3) is 8.52. The van der Waals surface area contributed by atoms with E-state index in [0.29, 0.717) is 0 Å². The molecule has 86 valence electrons. The van der Waals surface area contributed by atoms with Gasteiger partial charge in [0.2, 0.25) is 0 Å². The summed E-state index contributed by atoms with van der Waals surface area (Å²) in [6.45, 7) is 4.41. The highest BCUT2D eigenvalue weighted by atomic mass is 14.9. The molecular formula is C12H28N2. The highest BCUT2D eigenvalue weighted by molar-refractivity contribution is 4.76. The van der Waals surface area contributed by atoms with Crippen molar-refractivity contribution in [3.05, 3.63) is 0 Å².